The van der Waals surface area contributed by atoms with Crippen LogP contribution in [0.5, 0.6) is 0 Å². The summed E-state index contributed by atoms with van der Waals surface area (Å²) in [7, 11) is 0.465. The van der Waals surface area contributed by atoms with Crippen molar-refractivity contribution in [3.8, 4) is 0 Å². The molecule has 1 aromatic rings. The van der Waals surface area contributed by atoms with Gasteiger partial charge in [0.05, 0.1) is 5.25 Å². The molecule has 102 valence electrons. The van der Waals surface area contributed by atoms with Crippen LogP contribution in [0.15, 0.2) is 24.3 Å². The lowest BCUT2D eigenvalue weighted by Crippen LogP contribution is -2.33. The lowest BCUT2D eigenvalue weighted by Gasteiger charge is -2.17. The van der Waals surface area contributed by atoms with Crippen LogP contribution in [0.2, 0.25) is 0 Å². The molecule has 0 aliphatic heterocycles. The van der Waals surface area contributed by atoms with Crippen LogP contribution in [0, 0.1) is 0 Å². The number of nitrogens with zero attached hydrogens (tertiary/aromatic N) is 1. The maximum atomic E-state index is 12.0. The molecule has 0 aliphatic rings. The second-order valence-corrected chi connectivity index (χ2v) is 6.32. The average Bonchev–Trinajstić information content (AvgIpc) is 2.30. The van der Waals surface area contributed by atoms with Crippen molar-refractivity contribution in [1.82, 2.24) is 0 Å². The van der Waals surface area contributed by atoms with E-state index >= 15 is 0 Å². The van der Waals surface area contributed by atoms with E-state index in [0.717, 1.165) is 5.69 Å². The minimum atomic E-state index is -3.40. The lowest BCUT2D eigenvalue weighted by molar-refractivity contribution is 0.581. The first kappa shape index (κ1) is 14.8. The number of hydrogen-bond acceptors (Lipinski definition) is 4. The zero-order valence-corrected chi connectivity index (χ0v) is 11.9. The van der Waals surface area contributed by atoms with Crippen molar-refractivity contribution in [3.63, 3.8) is 0 Å². The van der Waals surface area contributed by atoms with Gasteiger partial charge in [0.15, 0.2) is 0 Å². The molecule has 5 nitrogen and oxygen atoms in total. The molecule has 0 radical (unpaired) electrons. The summed E-state index contributed by atoms with van der Waals surface area (Å²) in [5.74, 6) is 0. The van der Waals surface area contributed by atoms with Crippen molar-refractivity contribution in [2.45, 2.75) is 18.6 Å². The fourth-order valence-corrected chi connectivity index (χ4v) is 2.91. The Balaban J connectivity index is 2.84. The molecule has 1 rings (SSSR count). The van der Waals surface area contributed by atoms with E-state index in [0.29, 0.717) is 12.1 Å². The van der Waals surface area contributed by atoms with E-state index in [1.54, 1.807) is 12.1 Å². The molecular weight excluding hydrogens is 250 g/mol. The quantitative estimate of drug-likeness (QED) is 0.816. The Bertz CT molecular complexity index is 465. The fraction of sp³-hybridized carbons (Fsp3) is 0.500. The van der Waals surface area contributed by atoms with Crippen molar-refractivity contribution < 1.29 is 8.42 Å². The summed E-state index contributed by atoms with van der Waals surface area (Å²) in [5.41, 5.74) is 7.04. The van der Waals surface area contributed by atoms with Gasteiger partial charge in [-0.1, -0.05) is 6.92 Å². The van der Waals surface area contributed by atoms with E-state index in [-0.39, 0.29) is 6.54 Å². The van der Waals surface area contributed by atoms with Gasteiger partial charge < -0.3 is 10.6 Å². The number of nitrogens with one attached hydrogen (secondary N) is 1. The van der Waals surface area contributed by atoms with E-state index in [4.69, 9.17) is 5.73 Å². The Morgan fingerprint density at radius 2 is 1.83 bits per heavy atom. The normalized spacial score (nSPS) is 13.1. The number of rotatable bonds is 6. The second-order valence-electron chi connectivity index (χ2n) is 4.35. The number of sulfonamides is 1. The molecule has 18 heavy (non-hydrogen) atoms. The average molecular weight is 271 g/mol. The molecule has 0 bridgehead atoms. The summed E-state index contributed by atoms with van der Waals surface area (Å²) < 4.78 is 26.5. The van der Waals surface area contributed by atoms with E-state index in [2.05, 4.69) is 4.72 Å². The SMILES string of the molecule is CCC(CN)S(=O)(=O)Nc1ccc(N(C)C)cc1. The predicted molar refractivity (Wildman–Crippen MR) is 76.4 cm³/mol. The van der Waals surface area contributed by atoms with Crippen LogP contribution in [-0.4, -0.2) is 34.3 Å². The van der Waals surface area contributed by atoms with Crippen molar-refractivity contribution in [2.24, 2.45) is 5.73 Å². The molecule has 0 saturated heterocycles. The van der Waals surface area contributed by atoms with Crippen LogP contribution in [0.25, 0.3) is 0 Å². The van der Waals surface area contributed by atoms with Gasteiger partial charge in [0.25, 0.3) is 0 Å². The molecular formula is C12H21N3O2S. The maximum absolute atomic E-state index is 12.0. The lowest BCUT2D eigenvalue weighted by atomic mass is 10.3. The molecule has 0 aliphatic carbocycles. The largest absolute Gasteiger partial charge is 0.378 e. The Kier molecular flexibility index (Phi) is 4.98. The Morgan fingerprint density at radius 3 is 2.22 bits per heavy atom. The van der Waals surface area contributed by atoms with E-state index in [1.165, 1.54) is 0 Å². The molecule has 3 N–H and O–H groups in total. The van der Waals surface area contributed by atoms with E-state index in [9.17, 15) is 8.42 Å². The van der Waals surface area contributed by atoms with E-state index < -0.39 is 15.3 Å². The summed E-state index contributed by atoms with van der Waals surface area (Å²) >= 11 is 0. The summed E-state index contributed by atoms with van der Waals surface area (Å²) in [4.78, 5) is 1.95. The molecule has 1 unspecified atom stereocenters. The molecule has 0 saturated carbocycles. The highest BCUT2D eigenvalue weighted by Crippen LogP contribution is 2.18. The third kappa shape index (κ3) is 3.61. The van der Waals surface area contributed by atoms with Gasteiger partial charge in [0.2, 0.25) is 10.0 Å². The van der Waals surface area contributed by atoms with E-state index in [1.807, 2.05) is 38.1 Å². The van der Waals surface area contributed by atoms with Gasteiger partial charge in [0.1, 0.15) is 0 Å². The zero-order valence-electron chi connectivity index (χ0n) is 11.1. The van der Waals surface area contributed by atoms with Gasteiger partial charge in [-0.25, -0.2) is 8.42 Å². The Labute approximate surface area is 109 Å². The third-order valence-corrected chi connectivity index (χ3v) is 4.72. The van der Waals surface area contributed by atoms with Gasteiger partial charge in [-0.2, -0.15) is 0 Å². The minimum Gasteiger partial charge on any atom is -0.378 e. The summed E-state index contributed by atoms with van der Waals surface area (Å²) in [6.07, 6.45) is 0.502. The highest BCUT2D eigenvalue weighted by molar-refractivity contribution is 7.93. The highest BCUT2D eigenvalue weighted by Gasteiger charge is 2.21. The summed E-state index contributed by atoms with van der Waals surface area (Å²) in [5, 5.41) is -0.550. The topological polar surface area (TPSA) is 75.4 Å². The molecule has 0 fully saturated rings. The summed E-state index contributed by atoms with van der Waals surface area (Å²) in [6, 6.07) is 7.22. The fourth-order valence-electron chi connectivity index (χ4n) is 1.59. The van der Waals surface area contributed by atoms with Crippen LogP contribution in [-0.2, 0) is 10.0 Å². The van der Waals surface area contributed by atoms with Gasteiger partial charge in [-0.15, -0.1) is 0 Å². The van der Waals surface area contributed by atoms with Crippen LogP contribution in [0.1, 0.15) is 13.3 Å². The van der Waals surface area contributed by atoms with Gasteiger partial charge in [-0.3, -0.25) is 4.72 Å². The Hall–Kier alpha value is -1.27. The molecule has 0 spiro atoms. The van der Waals surface area contributed by atoms with Gasteiger partial charge in [-0.05, 0) is 30.7 Å². The predicted octanol–water partition coefficient (Wildman–Crippen LogP) is 1.23. The maximum Gasteiger partial charge on any atom is 0.236 e. The molecule has 0 aromatic heterocycles. The molecule has 0 heterocycles. The zero-order chi connectivity index (χ0) is 13.8. The Morgan fingerprint density at radius 1 is 1.28 bits per heavy atom. The van der Waals surface area contributed by atoms with Gasteiger partial charge >= 0.3 is 0 Å². The first-order valence-electron chi connectivity index (χ1n) is 5.89. The van der Waals surface area contributed by atoms with Crippen molar-refractivity contribution in [2.75, 3.05) is 30.3 Å². The summed E-state index contributed by atoms with van der Waals surface area (Å²) in [6.45, 7) is 1.94. The van der Waals surface area contributed by atoms with Crippen LogP contribution < -0.4 is 15.4 Å². The monoisotopic (exact) mass is 271 g/mol. The molecule has 6 heteroatoms. The molecule has 1 aromatic carbocycles. The minimum absolute atomic E-state index is 0.127. The van der Waals surface area contributed by atoms with Crippen molar-refractivity contribution in [1.29, 1.82) is 0 Å². The molecule has 0 amide bonds. The number of anilines is 2. The van der Waals surface area contributed by atoms with Crippen LogP contribution in [0.3, 0.4) is 0 Å². The first-order valence-corrected chi connectivity index (χ1v) is 7.44. The highest BCUT2D eigenvalue weighted by atomic mass is 32.2. The number of hydrogen-bond donors (Lipinski definition) is 2. The molecule has 1 atom stereocenters. The first-order chi connectivity index (χ1) is 8.40. The smallest absolute Gasteiger partial charge is 0.236 e. The van der Waals surface area contributed by atoms with Crippen LogP contribution >= 0.6 is 0 Å². The number of benzene rings is 1. The van der Waals surface area contributed by atoms with Crippen molar-refractivity contribution >= 4 is 21.4 Å². The number of nitrogens with two attached hydrogens (primary N) is 1. The van der Waals surface area contributed by atoms with Gasteiger partial charge in [0, 0.05) is 32.0 Å². The third-order valence-electron chi connectivity index (χ3n) is 2.80. The van der Waals surface area contributed by atoms with Crippen molar-refractivity contribution in [3.05, 3.63) is 24.3 Å². The second kappa shape index (κ2) is 6.06. The van der Waals surface area contributed by atoms with Crippen LogP contribution in [0.4, 0.5) is 11.4 Å². The standard InChI is InChI=1S/C12H21N3O2S/c1-4-12(9-13)18(16,17)14-10-5-7-11(8-6-10)15(2)3/h5-8,12,14H,4,9,13H2,1-3H3.